The smallest absolute Gasteiger partial charge is 0.328 e. The van der Waals surface area contributed by atoms with Gasteiger partial charge in [-0.1, -0.05) is 6.07 Å². The molecule has 0 spiro atoms. The molecule has 98 valence electrons. The number of carboxylic acid groups (broad SMARTS) is 1. The van der Waals surface area contributed by atoms with Crippen LogP contribution in [-0.2, 0) is 10.5 Å². The SMILES string of the molecule is O=C(O)C=Cc1cc(F)ccc1CSCCCO. The Morgan fingerprint density at radius 3 is 2.89 bits per heavy atom. The van der Waals surface area contributed by atoms with E-state index in [4.69, 9.17) is 10.2 Å². The van der Waals surface area contributed by atoms with Crippen molar-refractivity contribution >= 4 is 23.8 Å². The highest BCUT2D eigenvalue weighted by molar-refractivity contribution is 7.98. The van der Waals surface area contributed by atoms with Crippen LogP contribution in [-0.4, -0.2) is 28.5 Å². The summed E-state index contributed by atoms with van der Waals surface area (Å²) in [6, 6.07) is 4.34. The van der Waals surface area contributed by atoms with Crippen molar-refractivity contribution in [2.75, 3.05) is 12.4 Å². The summed E-state index contributed by atoms with van der Waals surface area (Å²) in [5, 5.41) is 17.2. The van der Waals surface area contributed by atoms with Crippen LogP contribution in [0, 0.1) is 5.82 Å². The highest BCUT2D eigenvalue weighted by Crippen LogP contribution is 2.19. The molecule has 1 aromatic carbocycles. The summed E-state index contributed by atoms with van der Waals surface area (Å²) in [5.74, 6) is 0.0394. The maximum atomic E-state index is 13.1. The summed E-state index contributed by atoms with van der Waals surface area (Å²) in [5.41, 5.74) is 1.46. The van der Waals surface area contributed by atoms with Crippen molar-refractivity contribution in [1.29, 1.82) is 0 Å². The fraction of sp³-hybridized carbons (Fsp3) is 0.308. The molecule has 3 nitrogen and oxygen atoms in total. The van der Waals surface area contributed by atoms with Crippen molar-refractivity contribution in [3.05, 3.63) is 41.2 Å². The molecule has 0 radical (unpaired) electrons. The summed E-state index contributed by atoms with van der Waals surface area (Å²) in [4.78, 5) is 10.5. The first-order chi connectivity index (χ1) is 8.63. The fourth-order valence-electron chi connectivity index (χ4n) is 1.36. The van der Waals surface area contributed by atoms with Crippen LogP contribution in [0.15, 0.2) is 24.3 Å². The fourth-order valence-corrected chi connectivity index (χ4v) is 2.32. The van der Waals surface area contributed by atoms with Gasteiger partial charge in [-0.25, -0.2) is 9.18 Å². The normalized spacial score (nSPS) is 11.0. The molecule has 0 aliphatic rings. The number of aliphatic carboxylic acids is 1. The molecule has 0 saturated carbocycles. The maximum Gasteiger partial charge on any atom is 0.328 e. The van der Waals surface area contributed by atoms with E-state index in [1.165, 1.54) is 18.2 Å². The molecular weight excluding hydrogens is 255 g/mol. The topological polar surface area (TPSA) is 57.5 Å². The van der Waals surface area contributed by atoms with Gasteiger partial charge in [-0.15, -0.1) is 0 Å². The van der Waals surface area contributed by atoms with Crippen LogP contribution < -0.4 is 0 Å². The first-order valence-electron chi connectivity index (χ1n) is 5.51. The number of thioether (sulfide) groups is 1. The number of aliphatic hydroxyl groups is 1. The highest BCUT2D eigenvalue weighted by Gasteiger charge is 2.02. The molecule has 0 bridgehead atoms. The maximum absolute atomic E-state index is 13.1. The van der Waals surface area contributed by atoms with Crippen molar-refractivity contribution in [2.24, 2.45) is 0 Å². The van der Waals surface area contributed by atoms with Gasteiger partial charge < -0.3 is 10.2 Å². The molecule has 2 N–H and O–H groups in total. The Morgan fingerprint density at radius 2 is 2.22 bits per heavy atom. The lowest BCUT2D eigenvalue weighted by atomic mass is 10.1. The Labute approximate surface area is 109 Å². The molecule has 0 amide bonds. The van der Waals surface area contributed by atoms with Crippen LogP contribution in [0.3, 0.4) is 0 Å². The van der Waals surface area contributed by atoms with Gasteiger partial charge in [0.15, 0.2) is 0 Å². The molecule has 1 aromatic rings. The predicted molar refractivity (Wildman–Crippen MR) is 70.9 cm³/mol. The minimum absolute atomic E-state index is 0.155. The van der Waals surface area contributed by atoms with Crippen molar-refractivity contribution in [3.8, 4) is 0 Å². The van der Waals surface area contributed by atoms with Crippen molar-refractivity contribution in [3.63, 3.8) is 0 Å². The quantitative estimate of drug-likeness (QED) is 0.590. The molecule has 0 heterocycles. The highest BCUT2D eigenvalue weighted by atomic mass is 32.2. The predicted octanol–water partition coefficient (Wildman–Crippen LogP) is 2.54. The Balaban J connectivity index is 2.73. The van der Waals surface area contributed by atoms with E-state index in [1.54, 1.807) is 17.8 Å². The second-order valence-corrected chi connectivity index (χ2v) is 4.75. The number of halogens is 1. The van der Waals surface area contributed by atoms with E-state index in [1.807, 2.05) is 0 Å². The molecule has 18 heavy (non-hydrogen) atoms. The Bertz CT molecular complexity index is 432. The zero-order chi connectivity index (χ0) is 13.4. The molecule has 5 heteroatoms. The lowest BCUT2D eigenvalue weighted by Crippen LogP contribution is -1.92. The zero-order valence-electron chi connectivity index (χ0n) is 9.80. The van der Waals surface area contributed by atoms with Crippen LogP contribution in [0.25, 0.3) is 6.08 Å². The number of benzene rings is 1. The van der Waals surface area contributed by atoms with Crippen molar-refractivity contribution in [2.45, 2.75) is 12.2 Å². The molecule has 0 fully saturated rings. The second-order valence-electron chi connectivity index (χ2n) is 3.64. The second kappa shape index (κ2) is 7.89. The summed E-state index contributed by atoms with van der Waals surface area (Å²) in [6.45, 7) is 0.155. The van der Waals surface area contributed by atoms with Gasteiger partial charge in [-0.2, -0.15) is 11.8 Å². The van der Waals surface area contributed by atoms with Crippen LogP contribution >= 0.6 is 11.8 Å². The minimum atomic E-state index is -1.06. The molecule has 1 rings (SSSR count). The van der Waals surface area contributed by atoms with Crippen LogP contribution in [0.2, 0.25) is 0 Å². The minimum Gasteiger partial charge on any atom is -0.478 e. The first-order valence-corrected chi connectivity index (χ1v) is 6.67. The Morgan fingerprint density at radius 1 is 1.44 bits per heavy atom. The van der Waals surface area contributed by atoms with E-state index in [9.17, 15) is 9.18 Å². The van der Waals surface area contributed by atoms with E-state index >= 15 is 0 Å². The largest absolute Gasteiger partial charge is 0.478 e. The van der Waals surface area contributed by atoms with Gasteiger partial charge in [-0.05, 0) is 41.5 Å². The van der Waals surface area contributed by atoms with Gasteiger partial charge in [0.25, 0.3) is 0 Å². The number of aliphatic hydroxyl groups excluding tert-OH is 1. The molecule has 0 atom stereocenters. The monoisotopic (exact) mass is 270 g/mol. The lowest BCUT2D eigenvalue weighted by Gasteiger charge is -2.06. The van der Waals surface area contributed by atoms with Gasteiger partial charge in [0.05, 0.1) is 0 Å². The van der Waals surface area contributed by atoms with Crippen LogP contribution in [0.4, 0.5) is 4.39 Å². The average Bonchev–Trinajstić information content (AvgIpc) is 2.34. The molecule has 0 aliphatic carbocycles. The lowest BCUT2D eigenvalue weighted by molar-refractivity contribution is -0.131. The number of rotatable bonds is 7. The average molecular weight is 270 g/mol. The zero-order valence-corrected chi connectivity index (χ0v) is 10.6. The van der Waals surface area contributed by atoms with Gasteiger partial charge in [0.2, 0.25) is 0 Å². The summed E-state index contributed by atoms with van der Waals surface area (Å²) < 4.78 is 13.1. The van der Waals surface area contributed by atoms with Crippen molar-refractivity contribution < 1.29 is 19.4 Å². The van der Waals surface area contributed by atoms with E-state index in [0.29, 0.717) is 17.7 Å². The number of carbonyl (C=O) groups is 1. The summed E-state index contributed by atoms with van der Waals surface area (Å²) in [7, 11) is 0. The number of hydrogen-bond donors (Lipinski definition) is 2. The summed E-state index contributed by atoms with van der Waals surface area (Å²) in [6.07, 6.45) is 3.11. The van der Waals surface area contributed by atoms with E-state index in [0.717, 1.165) is 17.4 Å². The standard InChI is InChI=1S/C13H15FO3S/c14-12-4-2-11(9-18-7-1-6-15)10(8-12)3-5-13(16)17/h2-5,8,15H,1,6-7,9H2,(H,16,17). The van der Waals surface area contributed by atoms with Gasteiger partial charge in [0.1, 0.15) is 5.82 Å². The van der Waals surface area contributed by atoms with Gasteiger partial charge in [-0.3, -0.25) is 0 Å². The van der Waals surface area contributed by atoms with E-state index in [-0.39, 0.29) is 12.4 Å². The van der Waals surface area contributed by atoms with Crippen LogP contribution in [0.1, 0.15) is 17.5 Å². The number of carboxylic acids is 1. The molecule has 0 aromatic heterocycles. The van der Waals surface area contributed by atoms with E-state index in [2.05, 4.69) is 0 Å². The third-order valence-electron chi connectivity index (χ3n) is 2.22. The van der Waals surface area contributed by atoms with Crippen LogP contribution in [0.5, 0.6) is 0 Å². The Kier molecular flexibility index (Phi) is 6.46. The third-order valence-corrected chi connectivity index (χ3v) is 3.31. The summed E-state index contributed by atoms with van der Waals surface area (Å²) >= 11 is 1.62. The third kappa shape index (κ3) is 5.33. The molecule has 0 aliphatic heterocycles. The van der Waals surface area contributed by atoms with Gasteiger partial charge >= 0.3 is 5.97 Å². The first kappa shape index (κ1) is 14.7. The number of hydrogen-bond acceptors (Lipinski definition) is 3. The molecule has 0 unspecified atom stereocenters. The molecular formula is C13H15FO3S. The van der Waals surface area contributed by atoms with Crippen molar-refractivity contribution in [1.82, 2.24) is 0 Å². The van der Waals surface area contributed by atoms with E-state index < -0.39 is 5.97 Å². The van der Waals surface area contributed by atoms with Gasteiger partial charge in [0, 0.05) is 18.4 Å². The molecule has 0 saturated heterocycles. The Hall–Kier alpha value is -1.33.